The first-order chi connectivity index (χ1) is 12.9. The van der Waals surface area contributed by atoms with Gasteiger partial charge in [0, 0.05) is 28.4 Å². The molecule has 0 unspecified atom stereocenters. The number of carbonyl (C=O) groups is 2. The van der Waals surface area contributed by atoms with Crippen molar-refractivity contribution in [3.05, 3.63) is 63.6 Å². The fraction of sp³-hybridized carbons (Fsp3) is 0.211. The molecule has 0 radical (unpaired) electrons. The number of anilines is 1. The van der Waals surface area contributed by atoms with Gasteiger partial charge in [-0.3, -0.25) is 9.59 Å². The lowest BCUT2D eigenvalue weighted by Crippen LogP contribution is -2.21. The average Bonchev–Trinajstić information content (AvgIpc) is 2.62. The Morgan fingerprint density at radius 2 is 1.74 bits per heavy atom. The van der Waals surface area contributed by atoms with Crippen molar-refractivity contribution in [2.75, 3.05) is 11.1 Å². The minimum Gasteiger partial charge on any atom is -0.326 e. The molecule has 0 aromatic heterocycles. The number of benzene rings is 2. The molecule has 0 bridgehead atoms. The summed E-state index contributed by atoms with van der Waals surface area (Å²) in [4.78, 5) is 23.1. The Morgan fingerprint density at radius 3 is 2.41 bits per heavy atom. The maximum atomic E-state index is 12.0. The van der Waals surface area contributed by atoms with E-state index >= 15 is 0 Å². The summed E-state index contributed by atoms with van der Waals surface area (Å²) in [6, 6.07) is 12.6. The van der Waals surface area contributed by atoms with Crippen LogP contribution in [0.2, 0.25) is 10.0 Å². The van der Waals surface area contributed by atoms with Gasteiger partial charge in [-0.25, -0.2) is 5.43 Å². The molecular weight excluding hydrogens is 405 g/mol. The molecule has 27 heavy (non-hydrogen) atoms. The number of nitrogens with one attached hydrogen (secondary N) is 2. The Hall–Kier alpha value is -2.02. The molecule has 2 aromatic rings. The summed E-state index contributed by atoms with van der Waals surface area (Å²) in [5.41, 5.74) is 5.46. The zero-order valence-corrected chi connectivity index (χ0v) is 17.2. The average molecular weight is 424 g/mol. The van der Waals surface area contributed by atoms with E-state index in [2.05, 4.69) is 15.8 Å². The number of amides is 2. The summed E-state index contributed by atoms with van der Waals surface area (Å²) in [5, 5.41) is 8.00. The highest BCUT2D eigenvalue weighted by atomic mass is 35.5. The predicted octanol–water partition coefficient (Wildman–Crippen LogP) is 4.73. The molecule has 0 spiro atoms. The van der Waals surface area contributed by atoms with Gasteiger partial charge in [0.1, 0.15) is 0 Å². The van der Waals surface area contributed by atoms with Gasteiger partial charge in [0.15, 0.2) is 0 Å². The van der Waals surface area contributed by atoms with Crippen molar-refractivity contribution >= 4 is 58.2 Å². The Labute approximate surface area is 172 Å². The van der Waals surface area contributed by atoms with E-state index in [1.165, 1.54) is 18.7 Å². The van der Waals surface area contributed by atoms with Crippen LogP contribution < -0.4 is 10.7 Å². The van der Waals surface area contributed by atoms with Crippen LogP contribution in [0.3, 0.4) is 0 Å². The van der Waals surface area contributed by atoms with Crippen LogP contribution in [0.25, 0.3) is 0 Å². The van der Waals surface area contributed by atoms with E-state index in [0.717, 1.165) is 11.1 Å². The Morgan fingerprint density at radius 1 is 1.07 bits per heavy atom. The SMILES string of the molecule is CC(=O)Nc1cccc(/C(C)=N\NC(=O)CSCc2c(Cl)cccc2Cl)c1. The maximum absolute atomic E-state index is 12.0. The molecule has 0 saturated carbocycles. The van der Waals surface area contributed by atoms with Gasteiger partial charge < -0.3 is 5.32 Å². The molecule has 0 fully saturated rings. The number of thioether (sulfide) groups is 1. The van der Waals surface area contributed by atoms with Crippen molar-refractivity contribution in [1.82, 2.24) is 5.43 Å². The smallest absolute Gasteiger partial charge is 0.250 e. The summed E-state index contributed by atoms with van der Waals surface area (Å²) < 4.78 is 0. The second kappa shape index (κ2) is 10.3. The van der Waals surface area contributed by atoms with Crippen LogP contribution in [0.15, 0.2) is 47.6 Å². The molecule has 142 valence electrons. The van der Waals surface area contributed by atoms with Gasteiger partial charge in [0.05, 0.1) is 11.5 Å². The first-order valence-corrected chi connectivity index (χ1v) is 9.99. The van der Waals surface area contributed by atoms with Gasteiger partial charge >= 0.3 is 0 Å². The second-order valence-corrected chi connectivity index (χ2v) is 7.49. The third kappa shape index (κ3) is 6.90. The van der Waals surface area contributed by atoms with Crippen LogP contribution in [0, 0.1) is 0 Å². The lowest BCUT2D eigenvalue weighted by Gasteiger charge is -2.07. The van der Waals surface area contributed by atoms with E-state index < -0.39 is 0 Å². The first-order valence-electron chi connectivity index (χ1n) is 8.08. The predicted molar refractivity (Wildman–Crippen MR) is 114 cm³/mol. The van der Waals surface area contributed by atoms with Gasteiger partial charge in [-0.1, -0.05) is 41.4 Å². The topological polar surface area (TPSA) is 70.6 Å². The van der Waals surface area contributed by atoms with Crippen LogP contribution in [0.1, 0.15) is 25.0 Å². The minimum atomic E-state index is -0.222. The summed E-state index contributed by atoms with van der Waals surface area (Å²) in [6.45, 7) is 3.23. The molecule has 0 atom stereocenters. The lowest BCUT2D eigenvalue weighted by molar-refractivity contribution is -0.118. The van der Waals surface area contributed by atoms with E-state index in [1.54, 1.807) is 37.3 Å². The van der Waals surface area contributed by atoms with Crippen molar-refractivity contribution in [1.29, 1.82) is 0 Å². The Balaban J connectivity index is 1.87. The molecule has 0 aliphatic rings. The van der Waals surface area contributed by atoms with Crippen LogP contribution in [0.5, 0.6) is 0 Å². The number of nitrogens with zero attached hydrogens (tertiary/aromatic N) is 1. The molecule has 0 aliphatic heterocycles. The first kappa shape index (κ1) is 21.3. The van der Waals surface area contributed by atoms with E-state index in [-0.39, 0.29) is 17.6 Å². The monoisotopic (exact) mass is 423 g/mol. The van der Waals surface area contributed by atoms with Crippen molar-refractivity contribution in [3.63, 3.8) is 0 Å². The Kier molecular flexibility index (Phi) is 8.16. The molecule has 0 aliphatic carbocycles. The molecule has 2 aromatic carbocycles. The fourth-order valence-electron chi connectivity index (χ4n) is 2.18. The second-order valence-electron chi connectivity index (χ2n) is 5.69. The van der Waals surface area contributed by atoms with E-state index in [1.807, 2.05) is 12.1 Å². The third-order valence-corrected chi connectivity index (χ3v) is 5.16. The number of rotatable bonds is 7. The van der Waals surface area contributed by atoms with Gasteiger partial charge in [-0.15, -0.1) is 11.8 Å². The molecule has 8 heteroatoms. The highest BCUT2D eigenvalue weighted by Gasteiger charge is 2.08. The molecule has 2 N–H and O–H groups in total. The maximum Gasteiger partial charge on any atom is 0.250 e. The van der Waals surface area contributed by atoms with Crippen LogP contribution in [-0.4, -0.2) is 23.3 Å². The Bertz CT molecular complexity index is 852. The van der Waals surface area contributed by atoms with Crippen molar-refractivity contribution < 1.29 is 9.59 Å². The van der Waals surface area contributed by atoms with Crippen molar-refractivity contribution in [2.45, 2.75) is 19.6 Å². The standard InChI is InChI=1S/C19H19Cl2N3O2S/c1-12(14-5-3-6-15(9-14)22-13(2)25)23-24-19(26)11-27-10-16-17(20)7-4-8-18(16)21/h3-9H,10-11H2,1-2H3,(H,22,25)(H,24,26)/b23-12-. The zero-order valence-electron chi connectivity index (χ0n) is 14.9. The van der Waals surface area contributed by atoms with Crippen LogP contribution in [-0.2, 0) is 15.3 Å². The molecule has 2 amide bonds. The lowest BCUT2D eigenvalue weighted by atomic mass is 10.1. The third-order valence-electron chi connectivity index (χ3n) is 3.49. The molecule has 0 heterocycles. The molecular formula is C19H19Cl2N3O2S. The highest BCUT2D eigenvalue weighted by molar-refractivity contribution is 7.99. The quantitative estimate of drug-likeness (QED) is 0.499. The number of hydrogen-bond donors (Lipinski definition) is 2. The molecule has 2 rings (SSSR count). The zero-order chi connectivity index (χ0) is 19.8. The largest absolute Gasteiger partial charge is 0.326 e. The number of hydrogen-bond acceptors (Lipinski definition) is 4. The molecule has 0 saturated heterocycles. The van der Waals surface area contributed by atoms with E-state index in [0.29, 0.717) is 27.2 Å². The van der Waals surface area contributed by atoms with Gasteiger partial charge in [0.2, 0.25) is 11.8 Å². The van der Waals surface area contributed by atoms with Crippen LogP contribution >= 0.6 is 35.0 Å². The highest BCUT2D eigenvalue weighted by Crippen LogP contribution is 2.28. The summed E-state index contributed by atoms with van der Waals surface area (Å²) in [5.74, 6) is 0.392. The van der Waals surface area contributed by atoms with Crippen molar-refractivity contribution in [3.8, 4) is 0 Å². The summed E-state index contributed by atoms with van der Waals surface area (Å²) in [7, 11) is 0. The summed E-state index contributed by atoms with van der Waals surface area (Å²) in [6.07, 6.45) is 0. The molecule has 5 nitrogen and oxygen atoms in total. The van der Waals surface area contributed by atoms with E-state index in [9.17, 15) is 9.59 Å². The fourth-order valence-corrected chi connectivity index (χ4v) is 3.74. The van der Waals surface area contributed by atoms with Crippen molar-refractivity contribution in [2.24, 2.45) is 5.10 Å². The number of hydrazone groups is 1. The van der Waals surface area contributed by atoms with E-state index in [4.69, 9.17) is 23.2 Å². The number of halogens is 2. The van der Waals surface area contributed by atoms with Gasteiger partial charge in [0.25, 0.3) is 0 Å². The normalized spacial score (nSPS) is 11.2. The number of carbonyl (C=O) groups excluding carboxylic acids is 2. The van der Waals surface area contributed by atoms with Gasteiger partial charge in [-0.2, -0.15) is 5.10 Å². The minimum absolute atomic E-state index is 0.148. The van der Waals surface area contributed by atoms with Crippen LogP contribution in [0.4, 0.5) is 5.69 Å². The van der Waals surface area contributed by atoms with Gasteiger partial charge in [-0.05, 0) is 42.3 Å². The summed E-state index contributed by atoms with van der Waals surface area (Å²) >= 11 is 13.6.